The minimum Gasteiger partial charge on any atom is -0.455 e. The van der Waals surface area contributed by atoms with E-state index in [1.165, 1.54) is 173 Å². The Labute approximate surface area is 237 Å². The highest BCUT2D eigenvalue weighted by molar-refractivity contribution is 5.83. The number of esters is 1. The number of hydrogen-bond acceptors (Lipinski definition) is 2. The average Bonchev–Trinajstić information content (AvgIpc) is 2.91. The van der Waals surface area contributed by atoms with Gasteiger partial charge in [0.1, 0.15) is 5.60 Å². The zero-order chi connectivity index (χ0) is 26.9. The smallest absolute Gasteiger partial charge is 0.331 e. The van der Waals surface area contributed by atoms with Crippen LogP contribution in [0.3, 0.4) is 0 Å². The van der Waals surface area contributed by atoms with Gasteiger partial charge in [-0.25, -0.2) is 4.79 Å². The van der Waals surface area contributed by atoms with Gasteiger partial charge in [-0.3, -0.25) is 0 Å². The molecule has 220 valence electrons. The molecule has 3 fully saturated rings. The third kappa shape index (κ3) is 10.6. The number of rotatable bonds is 5. The zero-order valence-corrected chi connectivity index (χ0v) is 25.7. The van der Waals surface area contributed by atoms with E-state index in [-0.39, 0.29) is 11.6 Å². The summed E-state index contributed by atoms with van der Waals surface area (Å²) in [7, 11) is 0. The van der Waals surface area contributed by atoms with E-state index in [4.69, 9.17) is 4.74 Å². The first kappa shape index (κ1) is 31.7. The fourth-order valence-corrected chi connectivity index (χ4v) is 8.47. The lowest BCUT2D eigenvalue weighted by Gasteiger charge is -2.51. The molecule has 0 aliphatic heterocycles. The Morgan fingerprint density at radius 1 is 0.474 bits per heavy atom. The van der Waals surface area contributed by atoms with Crippen LogP contribution in [0.15, 0.2) is 11.6 Å². The molecule has 0 heterocycles. The van der Waals surface area contributed by atoms with E-state index in [0.29, 0.717) is 17.8 Å². The largest absolute Gasteiger partial charge is 0.455 e. The van der Waals surface area contributed by atoms with Gasteiger partial charge in [0.05, 0.1) is 0 Å². The number of allylic oxidation sites excluding steroid dienone is 1. The lowest BCUT2D eigenvalue weighted by molar-refractivity contribution is -0.190. The topological polar surface area (TPSA) is 26.3 Å². The van der Waals surface area contributed by atoms with Crippen LogP contribution >= 0.6 is 0 Å². The van der Waals surface area contributed by atoms with E-state index in [2.05, 4.69) is 13.8 Å². The molecule has 2 heteroatoms. The van der Waals surface area contributed by atoms with Crippen LogP contribution in [0.5, 0.6) is 0 Å². The standard InChI is InChI=1S/C36H64O2/c1-31(2)30-35(37)38-36(32-24-18-12-6-3-7-13-19-25-32,33-26-20-14-8-4-9-15-21-27-33)34-28-22-16-10-5-11-17-23-29-34/h30,32-34H,3-29H2,1-2H3. The molecule has 0 saturated heterocycles. The molecule has 3 saturated carbocycles. The molecule has 0 aromatic heterocycles. The summed E-state index contributed by atoms with van der Waals surface area (Å²) in [5.74, 6) is 1.58. The van der Waals surface area contributed by atoms with Crippen molar-refractivity contribution < 1.29 is 9.53 Å². The summed E-state index contributed by atoms with van der Waals surface area (Å²) < 4.78 is 7.16. The molecule has 0 unspecified atom stereocenters. The van der Waals surface area contributed by atoms with Gasteiger partial charge in [0, 0.05) is 6.08 Å². The van der Waals surface area contributed by atoms with Crippen LogP contribution in [-0.2, 0) is 9.53 Å². The Hall–Kier alpha value is -0.790. The van der Waals surface area contributed by atoms with Gasteiger partial charge in [-0.05, 0) is 70.1 Å². The lowest BCUT2D eigenvalue weighted by atomic mass is 9.60. The molecule has 0 radical (unpaired) electrons. The van der Waals surface area contributed by atoms with E-state index in [0.717, 1.165) is 5.57 Å². The third-order valence-electron chi connectivity index (χ3n) is 10.4. The van der Waals surface area contributed by atoms with Gasteiger partial charge >= 0.3 is 5.97 Å². The molecule has 3 rings (SSSR count). The van der Waals surface area contributed by atoms with Crippen molar-refractivity contribution in [3.8, 4) is 0 Å². The van der Waals surface area contributed by atoms with E-state index in [1.54, 1.807) is 0 Å². The van der Waals surface area contributed by atoms with Crippen LogP contribution < -0.4 is 0 Å². The molecule has 0 N–H and O–H groups in total. The minimum atomic E-state index is -0.263. The number of hydrogen-bond donors (Lipinski definition) is 0. The van der Waals surface area contributed by atoms with Crippen molar-refractivity contribution in [2.45, 2.75) is 193 Å². The Kier molecular flexibility index (Phi) is 15.5. The zero-order valence-electron chi connectivity index (χ0n) is 25.7. The molecular formula is C36H64O2. The summed E-state index contributed by atoms with van der Waals surface area (Å²) in [6, 6.07) is 0. The highest BCUT2D eigenvalue weighted by atomic mass is 16.6. The normalized spacial score (nSPS) is 24.2. The second kappa shape index (κ2) is 18.5. The Balaban J connectivity index is 2.05. The molecule has 0 spiro atoms. The predicted octanol–water partition coefficient (Wildman–Crippen LogP) is 11.7. The molecule has 0 amide bonds. The fraction of sp³-hybridized carbons (Fsp3) is 0.917. The van der Waals surface area contributed by atoms with Gasteiger partial charge in [0.2, 0.25) is 0 Å². The number of ether oxygens (including phenoxy) is 1. The van der Waals surface area contributed by atoms with Crippen molar-refractivity contribution in [1.82, 2.24) is 0 Å². The van der Waals surface area contributed by atoms with Crippen LogP contribution in [-0.4, -0.2) is 11.6 Å². The van der Waals surface area contributed by atoms with Gasteiger partial charge in [-0.1, -0.05) is 140 Å². The highest BCUT2D eigenvalue weighted by Gasteiger charge is 2.52. The molecule has 0 atom stereocenters. The van der Waals surface area contributed by atoms with Crippen LogP contribution in [0.2, 0.25) is 0 Å². The second-order valence-electron chi connectivity index (χ2n) is 13.7. The van der Waals surface area contributed by atoms with Gasteiger partial charge < -0.3 is 4.74 Å². The second-order valence-corrected chi connectivity index (χ2v) is 13.7. The maximum Gasteiger partial charge on any atom is 0.331 e. The van der Waals surface area contributed by atoms with Crippen molar-refractivity contribution in [2.24, 2.45) is 17.8 Å². The van der Waals surface area contributed by atoms with Crippen LogP contribution in [0.25, 0.3) is 0 Å². The molecule has 3 aliphatic rings. The Morgan fingerprint density at radius 2 is 0.711 bits per heavy atom. The number of carbonyl (C=O) groups is 1. The van der Waals surface area contributed by atoms with Crippen molar-refractivity contribution >= 4 is 5.97 Å². The molecule has 38 heavy (non-hydrogen) atoms. The minimum absolute atomic E-state index is 0.0312. The molecule has 3 aliphatic carbocycles. The van der Waals surface area contributed by atoms with Crippen molar-refractivity contribution in [2.75, 3.05) is 0 Å². The van der Waals surface area contributed by atoms with Crippen molar-refractivity contribution in [3.05, 3.63) is 11.6 Å². The van der Waals surface area contributed by atoms with Crippen LogP contribution in [0.1, 0.15) is 187 Å². The fourth-order valence-electron chi connectivity index (χ4n) is 8.47. The summed E-state index contributed by atoms with van der Waals surface area (Å²) >= 11 is 0. The third-order valence-corrected chi connectivity index (χ3v) is 10.4. The molecule has 0 aromatic carbocycles. The summed E-state index contributed by atoms with van der Waals surface area (Å²) in [6.45, 7) is 4.11. The summed E-state index contributed by atoms with van der Waals surface area (Å²) in [5.41, 5.74) is 0.812. The molecule has 0 bridgehead atoms. The maximum absolute atomic E-state index is 13.7. The Morgan fingerprint density at radius 3 is 0.947 bits per heavy atom. The molecule has 0 aromatic rings. The van der Waals surface area contributed by atoms with Gasteiger partial charge in [0.15, 0.2) is 0 Å². The predicted molar refractivity (Wildman–Crippen MR) is 163 cm³/mol. The first-order chi connectivity index (χ1) is 18.6. The lowest BCUT2D eigenvalue weighted by Crippen LogP contribution is -2.55. The maximum atomic E-state index is 13.7. The van der Waals surface area contributed by atoms with Gasteiger partial charge in [0.25, 0.3) is 0 Å². The molecular weight excluding hydrogens is 464 g/mol. The van der Waals surface area contributed by atoms with Gasteiger partial charge in [-0.15, -0.1) is 0 Å². The summed E-state index contributed by atoms with van der Waals surface area (Å²) in [5, 5.41) is 0. The van der Waals surface area contributed by atoms with E-state index in [9.17, 15) is 4.79 Å². The number of carbonyl (C=O) groups excluding carboxylic acids is 1. The van der Waals surface area contributed by atoms with E-state index >= 15 is 0 Å². The van der Waals surface area contributed by atoms with Gasteiger partial charge in [-0.2, -0.15) is 0 Å². The summed E-state index contributed by atoms with van der Waals surface area (Å²) in [6.07, 6.45) is 38.2. The van der Waals surface area contributed by atoms with Crippen molar-refractivity contribution in [3.63, 3.8) is 0 Å². The SMILES string of the molecule is CC(C)=CC(=O)OC(C1CCCCCCCCC1)(C1CCCCCCCCC1)C1CCCCCCCCC1. The quantitative estimate of drug-likeness (QED) is 0.262. The first-order valence-electron chi connectivity index (χ1n) is 17.5. The van der Waals surface area contributed by atoms with Crippen LogP contribution in [0, 0.1) is 17.8 Å². The van der Waals surface area contributed by atoms with E-state index in [1.807, 2.05) is 6.08 Å². The summed E-state index contributed by atoms with van der Waals surface area (Å²) in [4.78, 5) is 13.7. The average molecular weight is 529 g/mol. The first-order valence-corrected chi connectivity index (χ1v) is 17.5. The van der Waals surface area contributed by atoms with E-state index < -0.39 is 0 Å². The highest BCUT2D eigenvalue weighted by Crippen LogP contribution is 2.51. The van der Waals surface area contributed by atoms with Crippen LogP contribution in [0.4, 0.5) is 0 Å². The Bertz CT molecular complexity index is 566. The monoisotopic (exact) mass is 528 g/mol. The van der Waals surface area contributed by atoms with Crippen molar-refractivity contribution in [1.29, 1.82) is 0 Å². The molecule has 2 nitrogen and oxygen atoms in total.